The van der Waals surface area contributed by atoms with Gasteiger partial charge in [0.05, 0.1) is 5.52 Å². The van der Waals surface area contributed by atoms with E-state index in [1.54, 1.807) is 11.3 Å². The Morgan fingerprint density at radius 2 is 2.17 bits per heavy atom. The van der Waals surface area contributed by atoms with Gasteiger partial charge in [-0.3, -0.25) is 4.98 Å². The fourth-order valence-corrected chi connectivity index (χ4v) is 3.48. The number of rotatable bonds is 4. The molecule has 1 aromatic carbocycles. The molecule has 1 aliphatic carbocycles. The molecule has 1 N–H and O–H groups in total. The van der Waals surface area contributed by atoms with E-state index in [9.17, 15) is 0 Å². The van der Waals surface area contributed by atoms with E-state index >= 15 is 0 Å². The van der Waals surface area contributed by atoms with Crippen LogP contribution < -0.4 is 5.32 Å². The van der Waals surface area contributed by atoms with E-state index in [-0.39, 0.29) is 0 Å². The molecule has 23 heavy (non-hydrogen) atoms. The second kappa shape index (κ2) is 4.99. The van der Waals surface area contributed by atoms with Gasteiger partial charge in [-0.15, -0.1) is 15.3 Å². The highest BCUT2D eigenvalue weighted by Crippen LogP contribution is 2.27. The van der Waals surface area contributed by atoms with Crippen LogP contribution in [0.4, 0.5) is 5.13 Å². The fraction of sp³-hybridized carbons (Fsp3) is 0.250. The van der Waals surface area contributed by atoms with Crippen molar-refractivity contribution in [1.29, 1.82) is 0 Å². The van der Waals surface area contributed by atoms with E-state index < -0.39 is 0 Å². The molecule has 7 heteroatoms. The zero-order valence-corrected chi connectivity index (χ0v) is 13.1. The molecule has 1 fully saturated rings. The van der Waals surface area contributed by atoms with Gasteiger partial charge in [0.15, 0.2) is 5.82 Å². The summed E-state index contributed by atoms with van der Waals surface area (Å²) in [6.45, 7) is 0. The number of nitrogens with one attached hydrogen (secondary N) is 1. The summed E-state index contributed by atoms with van der Waals surface area (Å²) >= 11 is 1.56. The highest BCUT2D eigenvalue weighted by molar-refractivity contribution is 7.20. The largest absolute Gasteiger partial charge is 0.357 e. The number of hydrogen-bond donors (Lipinski definition) is 1. The van der Waals surface area contributed by atoms with Gasteiger partial charge in [-0.05, 0) is 36.6 Å². The van der Waals surface area contributed by atoms with Crippen LogP contribution in [-0.2, 0) is 6.42 Å². The number of hydrogen-bond acceptors (Lipinski definition) is 6. The molecule has 0 atom stereocenters. The Balaban J connectivity index is 1.47. The first kappa shape index (κ1) is 13.0. The van der Waals surface area contributed by atoms with Crippen molar-refractivity contribution in [2.24, 2.45) is 0 Å². The Hall–Kier alpha value is -2.54. The minimum Gasteiger partial charge on any atom is -0.357 e. The summed E-state index contributed by atoms with van der Waals surface area (Å²) in [6, 6.07) is 10.9. The summed E-state index contributed by atoms with van der Waals surface area (Å²) in [6.07, 6.45) is 4.99. The zero-order chi connectivity index (χ0) is 15.2. The number of nitrogens with zero attached hydrogens (tertiary/aromatic N) is 5. The first-order chi connectivity index (χ1) is 11.3. The van der Waals surface area contributed by atoms with Crippen LogP contribution in [0.5, 0.6) is 0 Å². The lowest BCUT2D eigenvalue weighted by Crippen LogP contribution is -2.02. The molecule has 0 aliphatic heterocycles. The van der Waals surface area contributed by atoms with Gasteiger partial charge in [0.2, 0.25) is 10.1 Å². The number of pyridine rings is 1. The predicted octanol–water partition coefficient (Wildman–Crippen LogP) is 2.90. The summed E-state index contributed by atoms with van der Waals surface area (Å²) in [5.74, 6) is 0.864. The molecule has 0 radical (unpaired) electrons. The second-order valence-corrected chi connectivity index (χ2v) is 6.80. The normalized spacial score (nSPS) is 14.6. The van der Waals surface area contributed by atoms with Crippen molar-refractivity contribution >= 4 is 32.3 Å². The molecule has 3 heterocycles. The minimum absolute atomic E-state index is 0.593. The van der Waals surface area contributed by atoms with Gasteiger partial charge in [-0.25, -0.2) is 0 Å². The molecule has 1 saturated carbocycles. The first-order valence-electron chi connectivity index (χ1n) is 7.66. The number of benzene rings is 1. The first-order valence-corrected chi connectivity index (χ1v) is 8.48. The summed E-state index contributed by atoms with van der Waals surface area (Å²) in [7, 11) is 0. The van der Waals surface area contributed by atoms with E-state index in [1.165, 1.54) is 18.4 Å². The van der Waals surface area contributed by atoms with Crippen molar-refractivity contribution in [3.8, 4) is 0 Å². The molecule has 0 spiro atoms. The third-order valence-corrected chi connectivity index (χ3v) is 4.82. The lowest BCUT2D eigenvalue weighted by Gasteiger charge is -2.01. The monoisotopic (exact) mass is 322 g/mol. The maximum Gasteiger partial charge on any atom is 0.236 e. The molecule has 114 valence electrons. The molecular formula is C16H14N6S. The standard InChI is InChI=1S/C16H14N6S/c1-2-11-8-10(3-6-13(11)17-7-1)9-14-19-20-16-22(14)21-15(23-16)18-12-4-5-12/h1-3,6-8,12H,4-5,9H2,(H,18,21). The molecule has 3 aromatic heterocycles. The van der Waals surface area contributed by atoms with Crippen LogP contribution in [0.1, 0.15) is 24.2 Å². The Kier molecular flexibility index (Phi) is 2.81. The van der Waals surface area contributed by atoms with Crippen LogP contribution >= 0.6 is 11.3 Å². The maximum atomic E-state index is 4.60. The van der Waals surface area contributed by atoms with Gasteiger partial charge in [-0.1, -0.05) is 23.5 Å². The highest BCUT2D eigenvalue weighted by atomic mass is 32.1. The Labute approximate surface area is 136 Å². The van der Waals surface area contributed by atoms with Gasteiger partial charge >= 0.3 is 0 Å². The summed E-state index contributed by atoms with van der Waals surface area (Å²) in [5, 5.41) is 18.6. The number of anilines is 1. The Bertz CT molecular complexity index is 1000. The Morgan fingerprint density at radius 3 is 3.09 bits per heavy atom. The van der Waals surface area contributed by atoms with Crippen molar-refractivity contribution in [2.75, 3.05) is 5.32 Å². The highest BCUT2D eigenvalue weighted by Gasteiger charge is 2.23. The van der Waals surface area contributed by atoms with Gasteiger partial charge in [-0.2, -0.15) is 4.52 Å². The van der Waals surface area contributed by atoms with Crippen molar-refractivity contribution in [1.82, 2.24) is 24.8 Å². The van der Waals surface area contributed by atoms with E-state index in [1.807, 2.05) is 22.8 Å². The maximum absolute atomic E-state index is 4.60. The quantitative estimate of drug-likeness (QED) is 0.626. The van der Waals surface area contributed by atoms with Crippen molar-refractivity contribution in [3.05, 3.63) is 47.9 Å². The van der Waals surface area contributed by atoms with Crippen LogP contribution in [0.3, 0.4) is 0 Å². The van der Waals surface area contributed by atoms with E-state index in [2.05, 4.69) is 43.8 Å². The molecule has 0 bridgehead atoms. The predicted molar refractivity (Wildman–Crippen MR) is 89.9 cm³/mol. The van der Waals surface area contributed by atoms with Gasteiger partial charge in [0.1, 0.15) is 0 Å². The summed E-state index contributed by atoms with van der Waals surface area (Å²) < 4.78 is 1.85. The van der Waals surface area contributed by atoms with Gasteiger partial charge in [0.25, 0.3) is 0 Å². The Morgan fingerprint density at radius 1 is 1.22 bits per heavy atom. The van der Waals surface area contributed by atoms with Crippen molar-refractivity contribution < 1.29 is 0 Å². The van der Waals surface area contributed by atoms with Gasteiger partial charge in [0, 0.05) is 24.0 Å². The molecule has 5 rings (SSSR count). The zero-order valence-electron chi connectivity index (χ0n) is 12.3. The molecule has 0 unspecified atom stereocenters. The van der Waals surface area contributed by atoms with E-state index in [0.29, 0.717) is 12.5 Å². The second-order valence-electron chi connectivity index (χ2n) is 5.84. The fourth-order valence-electron chi connectivity index (χ4n) is 2.65. The molecule has 0 saturated heterocycles. The van der Waals surface area contributed by atoms with Gasteiger partial charge < -0.3 is 5.32 Å². The third kappa shape index (κ3) is 2.43. The van der Waals surface area contributed by atoms with Crippen molar-refractivity contribution in [3.63, 3.8) is 0 Å². The van der Waals surface area contributed by atoms with Crippen LogP contribution in [0.25, 0.3) is 15.9 Å². The van der Waals surface area contributed by atoms with Crippen LogP contribution in [0.2, 0.25) is 0 Å². The average molecular weight is 322 g/mol. The van der Waals surface area contributed by atoms with Crippen molar-refractivity contribution in [2.45, 2.75) is 25.3 Å². The van der Waals surface area contributed by atoms with E-state index in [0.717, 1.165) is 26.8 Å². The smallest absolute Gasteiger partial charge is 0.236 e. The lowest BCUT2D eigenvalue weighted by molar-refractivity contribution is 0.850. The summed E-state index contributed by atoms with van der Waals surface area (Å²) in [5.41, 5.74) is 2.19. The van der Waals surface area contributed by atoms with Crippen LogP contribution in [0.15, 0.2) is 36.5 Å². The van der Waals surface area contributed by atoms with E-state index in [4.69, 9.17) is 0 Å². The average Bonchev–Trinajstić information content (AvgIpc) is 3.18. The van der Waals surface area contributed by atoms with Crippen LogP contribution in [-0.4, -0.2) is 30.8 Å². The SMILES string of the molecule is c1cnc2ccc(Cc3nnc4sc(NC5CC5)nn34)cc2c1. The number of fused-ring (bicyclic) bond motifs is 2. The lowest BCUT2D eigenvalue weighted by atomic mass is 10.1. The topological polar surface area (TPSA) is 68.0 Å². The third-order valence-electron chi connectivity index (χ3n) is 3.99. The van der Waals surface area contributed by atoms with Crippen LogP contribution in [0, 0.1) is 0 Å². The molecule has 4 aromatic rings. The number of aromatic nitrogens is 5. The summed E-state index contributed by atoms with van der Waals surface area (Å²) in [4.78, 5) is 5.19. The molecule has 1 aliphatic rings. The molecule has 0 amide bonds. The molecular weight excluding hydrogens is 308 g/mol. The minimum atomic E-state index is 0.593. The molecule has 6 nitrogen and oxygen atoms in total.